The predicted octanol–water partition coefficient (Wildman–Crippen LogP) is 1.88. The van der Waals surface area contributed by atoms with E-state index in [2.05, 4.69) is 0 Å². The summed E-state index contributed by atoms with van der Waals surface area (Å²) >= 11 is 0. The summed E-state index contributed by atoms with van der Waals surface area (Å²) in [5.74, 6) is -0.350. The van der Waals surface area contributed by atoms with Crippen molar-refractivity contribution < 1.29 is 19.0 Å². The lowest BCUT2D eigenvalue weighted by Gasteiger charge is -2.16. The standard InChI is InChI=1S/C14H18FNO3/c1-9(17)12-6-5-11(7-13(12)15)19-8-14(18)16(2)10-3-4-10/h5-7,9-10,17H,3-4,8H2,1-2H3/t9-/m0/s1. The van der Waals surface area contributed by atoms with Crippen molar-refractivity contribution in [1.29, 1.82) is 0 Å². The van der Waals surface area contributed by atoms with Crippen molar-refractivity contribution >= 4 is 5.91 Å². The van der Waals surface area contributed by atoms with Crippen molar-refractivity contribution in [2.75, 3.05) is 13.7 Å². The van der Waals surface area contributed by atoms with E-state index in [1.165, 1.54) is 19.1 Å². The molecule has 1 N–H and O–H groups in total. The number of nitrogens with zero attached hydrogens (tertiary/aromatic N) is 1. The first-order chi connectivity index (χ1) is 8.99. The molecular weight excluding hydrogens is 249 g/mol. The molecule has 1 fully saturated rings. The number of hydrogen-bond donors (Lipinski definition) is 1. The van der Waals surface area contributed by atoms with Crippen molar-refractivity contribution in [3.8, 4) is 5.75 Å². The second kappa shape index (κ2) is 5.57. The zero-order valence-electron chi connectivity index (χ0n) is 11.1. The highest BCUT2D eigenvalue weighted by molar-refractivity contribution is 5.78. The quantitative estimate of drug-likeness (QED) is 0.886. The van der Waals surface area contributed by atoms with Gasteiger partial charge in [0.15, 0.2) is 6.61 Å². The number of aliphatic hydroxyl groups excluding tert-OH is 1. The largest absolute Gasteiger partial charge is 0.484 e. The molecule has 0 aliphatic heterocycles. The fourth-order valence-corrected chi connectivity index (χ4v) is 1.85. The first-order valence-corrected chi connectivity index (χ1v) is 6.35. The Hall–Kier alpha value is -1.62. The van der Waals surface area contributed by atoms with Crippen LogP contribution in [0, 0.1) is 5.82 Å². The molecule has 4 nitrogen and oxygen atoms in total. The van der Waals surface area contributed by atoms with E-state index >= 15 is 0 Å². The zero-order chi connectivity index (χ0) is 14.0. The number of halogens is 1. The number of benzene rings is 1. The van der Waals surface area contributed by atoms with Gasteiger partial charge in [-0.2, -0.15) is 0 Å². The van der Waals surface area contributed by atoms with E-state index in [-0.39, 0.29) is 18.1 Å². The van der Waals surface area contributed by atoms with E-state index in [1.54, 1.807) is 18.0 Å². The van der Waals surface area contributed by atoms with Gasteiger partial charge in [0, 0.05) is 24.7 Å². The number of carbonyl (C=O) groups excluding carboxylic acids is 1. The Labute approximate surface area is 111 Å². The summed E-state index contributed by atoms with van der Waals surface area (Å²) < 4.78 is 18.9. The van der Waals surface area contributed by atoms with Gasteiger partial charge in [-0.15, -0.1) is 0 Å². The Morgan fingerprint density at radius 2 is 2.26 bits per heavy atom. The van der Waals surface area contributed by atoms with Crippen LogP contribution in [0.3, 0.4) is 0 Å². The molecular formula is C14H18FNO3. The van der Waals surface area contributed by atoms with E-state index in [0.717, 1.165) is 12.8 Å². The van der Waals surface area contributed by atoms with E-state index < -0.39 is 11.9 Å². The lowest BCUT2D eigenvalue weighted by atomic mass is 10.1. The summed E-state index contributed by atoms with van der Waals surface area (Å²) in [6, 6.07) is 4.54. The van der Waals surface area contributed by atoms with Gasteiger partial charge in [-0.05, 0) is 31.9 Å². The average Bonchev–Trinajstić information content (AvgIpc) is 3.18. The summed E-state index contributed by atoms with van der Waals surface area (Å²) in [5, 5.41) is 9.31. The Morgan fingerprint density at radius 1 is 1.58 bits per heavy atom. The topological polar surface area (TPSA) is 49.8 Å². The molecule has 1 saturated carbocycles. The SMILES string of the molecule is C[C@H](O)c1ccc(OCC(=O)N(C)C2CC2)cc1F. The van der Waals surface area contributed by atoms with E-state index in [1.807, 2.05) is 0 Å². The second-order valence-corrected chi connectivity index (χ2v) is 4.88. The highest BCUT2D eigenvalue weighted by Gasteiger charge is 2.29. The van der Waals surface area contributed by atoms with Gasteiger partial charge in [-0.1, -0.05) is 0 Å². The zero-order valence-corrected chi connectivity index (χ0v) is 11.1. The van der Waals surface area contributed by atoms with Crippen molar-refractivity contribution in [3.63, 3.8) is 0 Å². The van der Waals surface area contributed by atoms with E-state index in [9.17, 15) is 14.3 Å². The lowest BCUT2D eigenvalue weighted by molar-refractivity contribution is -0.132. The van der Waals surface area contributed by atoms with Gasteiger partial charge < -0.3 is 14.7 Å². The molecule has 1 atom stereocenters. The Kier molecular flexibility index (Phi) is 4.04. The van der Waals surface area contributed by atoms with E-state index in [4.69, 9.17) is 4.74 Å². The normalized spacial score (nSPS) is 16.0. The molecule has 0 spiro atoms. The third-order valence-electron chi connectivity index (χ3n) is 3.27. The van der Waals surface area contributed by atoms with Crippen molar-refractivity contribution in [1.82, 2.24) is 4.90 Å². The van der Waals surface area contributed by atoms with E-state index in [0.29, 0.717) is 11.8 Å². The van der Waals surface area contributed by atoms with Gasteiger partial charge in [0.2, 0.25) is 0 Å². The molecule has 1 aliphatic rings. The van der Waals surface area contributed by atoms with Gasteiger partial charge in [0.25, 0.3) is 5.91 Å². The molecule has 5 heteroatoms. The molecule has 1 aromatic rings. The van der Waals surface area contributed by atoms with Gasteiger partial charge in [0.1, 0.15) is 11.6 Å². The summed E-state index contributed by atoms with van der Waals surface area (Å²) in [7, 11) is 1.75. The summed E-state index contributed by atoms with van der Waals surface area (Å²) in [6.45, 7) is 1.40. The van der Waals surface area contributed by atoms with Gasteiger partial charge in [-0.25, -0.2) is 4.39 Å². The molecule has 0 heterocycles. The van der Waals surface area contributed by atoms with Crippen molar-refractivity contribution in [2.45, 2.75) is 31.9 Å². The molecule has 0 bridgehead atoms. The fourth-order valence-electron chi connectivity index (χ4n) is 1.85. The molecule has 0 aromatic heterocycles. The third kappa shape index (κ3) is 3.44. The van der Waals surface area contributed by atoms with Crippen molar-refractivity contribution in [3.05, 3.63) is 29.6 Å². The maximum Gasteiger partial charge on any atom is 0.260 e. The molecule has 19 heavy (non-hydrogen) atoms. The first kappa shape index (κ1) is 13.8. The van der Waals surface area contributed by atoms with Crippen LogP contribution in [0.4, 0.5) is 4.39 Å². The van der Waals surface area contributed by atoms with Crippen LogP contribution in [-0.2, 0) is 4.79 Å². The highest BCUT2D eigenvalue weighted by Crippen LogP contribution is 2.25. The smallest absolute Gasteiger partial charge is 0.260 e. The highest BCUT2D eigenvalue weighted by atomic mass is 19.1. The fraction of sp³-hybridized carbons (Fsp3) is 0.500. The van der Waals surface area contributed by atoms with Gasteiger partial charge in [0.05, 0.1) is 6.10 Å². The molecule has 0 saturated heterocycles. The number of hydrogen-bond acceptors (Lipinski definition) is 3. The minimum Gasteiger partial charge on any atom is -0.484 e. The maximum atomic E-state index is 13.6. The summed E-state index contributed by atoms with van der Waals surface area (Å²) in [6.07, 6.45) is 1.22. The van der Waals surface area contributed by atoms with Gasteiger partial charge in [-0.3, -0.25) is 4.79 Å². The maximum absolute atomic E-state index is 13.6. The van der Waals surface area contributed by atoms with Crippen molar-refractivity contribution in [2.24, 2.45) is 0 Å². The lowest BCUT2D eigenvalue weighted by Crippen LogP contribution is -2.33. The van der Waals surface area contributed by atoms with Crippen LogP contribution in [0.2, 0.25) is 0 Å². The Morgan fingerprint density at radius 3 is 2.79 bits per heavy atom. The van der Waals surface area contributed by atoms with Crippen LogP contribution in [0.1, 0.15) is 31.4 Å². The molecule has 2 rings (SSSR count). The second-order valence-electron chi connectivity index (χ2n) is 4.88. The monoisotopic (exact) mass is 267 g/mol. The number of aliphatic hydroxyl groups is 1. The van der Waals surface area contributed by atoms with Crippen LogP contribution in [0.15, 0.2) is 18.2 Å². The predicted molar refractivity (Wildman–Crippen MR) is 68.3 cm³/mol. The van der Waals surface area contributed by atoms with Crippen LogP contribution >= 0.6 is 0 Å². The molecule has 1 aliphatic carbocycles. The Bertz CT molecular complexity index is 472. The molecule has 0 radical (unpaired) electrons. The molecule has 1 aromatic carbocycles. The Balaban J connectivity index is 1.92. The number of ether oxygens (including phenoxy) is 1. The minimum absolute atomic E-state index is 0.0968. The number of rotatable bonds is 5. The van der Waals surface area contributed by atoms with Crippen LogP contribution < -0.4 is 4.74 Å². The molecule has 0 unspecified atom stereocenters. The van der Waals surface area contributed by atoms with Gasteiger partial charge >= 0.3 is 0 Å². The minimum atomic E-state index is -0.864. The number of carbonyl (C=O) groups is 1. The summed E-state index contributed by atoms with van der Waals surface area (Å²) in [5.41, 5.74) is 0.216. The third-order valence-corrected chi connectivity index (χ3v) is 3.27. The first-order valence-electron chi connectivity index (χ1n) is 6.35. The number of amides is 1. The average molecular weight is 267 g/mol. The summed E-state index contributed by atoms with van der Waals surface area (Å²) in [4.78, 5) is 13.4. The van der Waals surface area contributed by atoms with Crippen LogP contribution in [0.25, 0.3) is 0 Å². The van der Waals surface area contributed by atoms with Crippen LogP contribution in [-0.4, -0.2) is 35.6 Å². The molecule has 1 amide bonds. The molecule has 104 valence electrons. The number of likely N-dealkylation sites (N-methyl/N-ethyl adjacent to an activating group) is 1. The van der Waals surface area contributed by atoms with Crippen LogP contribution in [0.5, 0.6) is 5.75 Å².